The molecule has 0 fully saturated rings. The van der Waals surface area contributed by atoms with E-state index in [1.54, 1.807) is 38.9 Å². The van der Waals surface area contributed by atoms with E-state index in [1.165, 1.54) is 0 Å². The van der Waals surface area contributed by atoms with Gasteiger partial charge in [-0.3, -0.25) is 9.97 Å². The maximum absolute atomic E-state index is 5.42. The first kappa shape index (κ1) is 20.3. The maximum atomic E-state index is 5.42. The van der Waals surface area contributed by atoms with Gasteiger partial charge in [-0.1, -0.05) is 18.2 Å². The zero-order valence-electron chi connectivity index (χ0n) is 17.4. The van der Waals surface area contributed by atoms with Crippen molar-refractivity contribution in [3.63, 3.8) is 0 Å². The zero-order chi connectivity index (χ0) is 21.5. The summed E-state index contributed by atoms with van der Waals surface area (Å²) in [6, 6.07) is 15.7. The number of hydrogen-bond acceptors (Lipinski definition) is 7. The fourth-order valence-corrected chi connectivity index (χ4v) is 3.44. The Morgan fingerprint density at radius 1 is 0.839 bits per heavy atom. The van der Waals surface area contributed by atoms with Crippen molar-refractivity contribution in [3.05, 3.63) is 96.2 Å². The van der Waals surface area contributed by atoms with Crippen LogP contribution in [0.25, 0.3) is 0 Å². The lowest BCUT2D eigenvalue weighted by molar-refractivity contribution is 0.366. The second-order valence-corrected chi connectivity index (χ2v) is 6.88. The molecular weight excluding hydrogens is 390 g/mol. The number of methoxy groups -OCH3 is 2. The number of ether oxygens (including phenoxy) is 2. The zero-order valence-corrected chi connectivity index (χ0v) is 17.4. The predicted octanol–water partition coefficient (Wildman–Crippen LogP) is 4.40. The highest BCUT2D eigenvalue weighted by Gasteiger charge is 2.18. The fourth-order valence-electron chi connectivity index (χ4n) is 3.44. The Balaban J connectivity index is 1.68. The van der Waals surface area contributed by atoms with Crippen LogP contribution in [-0.2, 0) is 6.42 Å². The van der Waals surface area contributed by atoms with Gasteiger partial charge < -0.3 is 14.8 Å². The molecule has 0 bridgehead atoms. The molecule has 7 nitrogen and oxygen atoms in total. The van der Waals surface area contributed by atoms with Crippen molar-refractivity contribution in [1.29, 1.82) is 0 Å². The molecule has 156 valence electrons. The molecule has 0 amide bonds. The van der Waals surface area contributed by atoms with Crippen molar-refractivity contribution >= 4 is 11.5 Å². The van der Waals surface area contributed by atoms with E-state index in [4.69, 9.17) is 9.47 Å². The van der Waals surface area contributed by atoms with Crippen LogP contribution in [0, 0.1) is 0 Å². The Labute approximate surface area is 181 Å². The Bertz CT molecular complexity index is 1080. The number of pyridine rings is 4. The molecule has 4 aromatic rings. The SMILES string of the molecule is COc1ccc(Nc2ncccc2CC(c2cccnc2)c2cccnc2)c(OC)n1. The first-order valence-electron chi connectivity index (χ1n) is 9.88. The van der Waals surface area contributed by atoms with Crippen molar-refractivity contribution in [3.8, 4) is 11.8 Å². The van der Waals surface area contributed by atoms with Crippen molar-refractivity contribution in [1.82, 2.24) is 19.9 Å². The van der Waals surface area contributed by atoms with E-state index in [1.807, 2.05) is 36.7 Å². The molecule has 31 heavy (non-hydrogen) atoms. The van der Waals surface area contributed by atoms with Gasteiger partial charge in [-0.15, -0.1) is 0 Å². The van der Waals surface area contributed by atoms with Crippen LogP contribution >= 0.6 is 0 Å². The van der Waals surface area contributed by atoms with Gasteiger partial charge in [0, 0.05) is 43.0 Å². The smallest absolute Gasteiger partial charge is 0.240 e. The molecule has 0 saturated carbocycles. The van der Waals surface area contributed by atoms with Gasteiger partial charge in [0.2, 0.25) is 11.8 Å². The topological polar surface area (TPSA) is 82.0 Å². The van der Waals surface area contributed by atoms with Gasteiger partial charge in [0.1, 0.15) is 11.5 Å². The van der Waals surface area contributed by atoms with E-state index in [9.17, 15) is 0 Å². The molecule has 0 aliphatic rings. The fraction of sp³-hybridized carbons (Fsp3) is 0.167. The first-order chi connectivity index (χ1) is 15.3. The highest BCUT2D eigenvalue weighted by Crippen LogP contribution is 2.32. The molecule has 4 rings (SSSR count). The van der Waals surface area contributed by atoms with Crippen LogP contribution in [0.4, 0.5) is 11.5 Å². The van der Waals surface area contributed by atoms with Crippen LogP contribution in [0.1, 0.15) is 22.6 Å². The van der Waals surface area contributed by atoms with Crippen LogP contribution in [0.2, 0.25) is 0 Å². The summed E-state index contributed by atoms with van der Waals surface area (Å²) in [7, 11) is 3.15. The van der Waals surface area contributed by atoms with Gasteiger partial charge in [-0.2, -0.15) is 4.98 Å². The molecule has 0 atom stereocenters. The molecule has 0 aliphatic heterocycles. The standard InChI is InChI=1S/C24H23N5O2/c1-30-22-10-9-21(24(29-22)31-2)28-23-17(6-5-13-27-23)14-20(18-7-3-11-25-15-18)19-8-4-12-26-16-19/h3-13,15-16,20H,14H2,1-2H3,(H,27,28). The van der Waals surface area contributed by atoms with E-state index >= 15 is 0 Å². The van der Waals surface area contributed by atoms with Crippen LogP contribution < -0.4 is 14.8 Å². The quantitative estimate of drug-likeness (QED) is 0.458. The molecule has 0 spiro atoms. The summed E-state index contributed by atoms with van der Waals surface area (Å²) in [4.78, 5) is 17.5. The summed E-state index contributed by atoms with van der Waals surface area (Å²) in [5.74, 6) is 1.75. The molecule has 0 saturated heterocycles. The summed E-state index contributed by atoms with van der Waals surface area (Å²) in [6.45, 7) is 0. The minimum absolute atomic E-state index is 0.0861. The van der Waals surface area contributed by atoms with Crippen LogP contribution in [0.3, 0.4) is 0 Å². The number of rotatable bonds is 8. The normalized spacial score (nSPS) is 10.7. The molecule has 0 unspecified atom stereocenters. The summed E-state index contributed by atoms with van der Waals surface area (Å²) < 4.78 is 10.6. The lowest BCUT2D eigenvalue weighted by Gasteiger charge is -2.20. The third-order valence-corrected chi connectivity index (χ3v) is 4.98. The van der Waals surface area contributed by atoms with Gasteiger partial charge in [0.15, 0.2) is 0 Å². The minimum atomic E-state index is 0.0861. The Morgan fingerprint density at radius 2 is 1.55 bits per heavy atom. The second kappa shape index (κ2) is 9.67. The highest BCUT2D eigenvalue weighted by atomic mass is 16.5. The van der Waals surface area contributed by atoms with E-state index < -0.39 is 0 Å². The Kier molecular flexibility index (Phi) is 6.32. The molecule has 0 radical (unpaired) electrons. The molecule has 1 N–H and O–H groups in total. The van der Waals surface area contributed by atoms with Crippen molar-refractivity contribution < 1.29 is 9.47 Å². The van der Waals surface area contributed by atoms with Gasteiger partial charge in [0.05, 0.1) is 14.2 Å². The van der Waals surface area contributed by atoms with Gasteiger partial charge in [-0.25, -0.2) is 4.98 Å². The van der Waals surface area contributed by atoms with Gasteiger partial charge in [0.25, 0.3) is 0 Å². The third-order valence-electron chi connectivity index (χ3n) is 4.98. The van der Waals surface area contributed by atoms with E-state index in [2.05, 4.69) is 43.5 Å². The lowest BCUT2D eigenvalue weighted by atomic mass is 9.87. The average molecular weight is 413 g/mol. The monoisotopic (exact) mass is 413 g/mol. The number of nitrogens with one attached hydrogen (secondary N) is 1. The maximum Gasteiger partial charge on any atom is 0.240 e. The van der Waals surface area contributed by atoms with Crippen LogP contribution in [0.15, 0.2) is 79.5 Å². The number of nitrogens with zero attached hydrogens (tertiary/aromatic N) is 4. The van der Waals surface area contributed by atoms with Crippen LogP contribution in [-0.4, -0.2) is 34.2 Å². The molecule has 7 heteroatoms. The number of anilines is 2. The Morgan fingerprint density at radius 3 is 2.16 bits per heavy atom. The number of hydrogen-bond donors (Lipinski definition) is 1. The van der Waals surface area contributed by atoms with E-state index in [-0.39, 0.29) is 5.92 Å². The van der Waals surface area contributed by atoms with Gasteiger partial charge in [-0.05, 0) is 47.4 Å². The summed E-state index contributed by atoms with van der Waals surface area (Å²) in [6.07, 6.45) is 9.85. The van der Waals surface area contributed by atoms with E-state index in [0.29, 0.717) is 17.4 Å². The summed E-state index contributed by atoms with van der Waals surface area (Å²) in [5.41, 5.74) is 4.00. The molecule has 4 aromatic heterocycles. The molecule has 0 aromatic carbocycles. The largest absolute Gasteiger partial charge is 0.481 e. The van der Waals surface area contributed by atoms with Crippen molar-refractivity contribution in [2.45, 2.75) is 12.3 Å². The third kappa shape index (κ3) is 4.78. The highest BCUT2D eigenvalue weighted by molar-refractivity contribution is 5.64. The number of aromatic nitrogens is 4. The lowest BCUT2D eigenvalue weighted by Crippen LogP contribution is -2.09. The second-order valence-electron chi connectivity index (χ2n) is 6.88. The van der Waals surface area contributed by atoms with Crippen molar-refractivity contribution in [2.75, 3.05) is 19.5 Å². The van der Waals surface area contributed by atoms with Gasteiger partial charge >= 0.3 is 0 Å². The van der Waals surface area contributed by atoms with Crippen molar-refractivity contribution in [2.24, 2.45) is 0 Å². The average Bonchev–Trinajstić information content (AvgIpc) is 2.84. The molecule has 4 heterocycles. The molecule has 0 aliphatic carbocycles. The molecular formula is C24H23N5O2. The predicted molar refractivity (Wildman–Crippen MR) is 119 cm³/mol. The first-order valence-corrected chi connectivity index (χ1v) is 9.88. The Hall–Kier alpha value is -4.00. The summed E-state index contributed by atoms with van der Waals surface area (Å²) in [5, 5.41) is 3.37. The van der Waals surface area contributed by atoms with Crippen LogP contribution in [0.5, 0.6) is 11.8 Å². The van der Waals surface area contributed by atoms with E-state index in [0.717, 1.165) is 28.9 Å². The minimum Gasteiger partial charge on any atom is -0.481 e. The summed E-state index contributed by atoms with van der Waals surface area (Å²) >= 11 is 0.